The van der Waals surface area contributed by atoms with Gasteiger partial charge >= 0.3 is 0 Å². The summed E-state index contributed by atoms with van der Waals surface area (Å²) in [5.74, 6) is 1.92. The fraction of sp³-hybridized carbons (Fsp3) is 0.222. The summed E-state index contributed by atoms with van der Waals surface area (Å²) in [5, 5.41) is 3.50. The Labute approximate surface area is 149 Å². The van der Waals surface area contributed by atoms with Crippen molar-refractivity contribution in [2.24, 2.45) is 0 Å². The third kappa shape index (κ3) is 3.88. The van der Waals surface area contributed by atoms with E-state index in [1.807, 2.05) is 37.3 Å². The molecule has 1 amide bonds. The van der Waals surface area contributed by atoms with Crippen LogP contribution in [0.5, 0.6) is 5.75 Å². The van der Waals surface area contributed by atoms with Crippen molar-refractivity contribution >= 4 is 44.4 Å². The van der Waals surface area contributed by atoms with Crippen molar-refractivity contribution in [2.45, 2.75) is 12.7 Å². The number of fused-ring (bicyclic) bond motifs is 1. The first kappa shape index (κ1) is 16.8. The van der Waals surface area contributed by atoms with Crippen molar-refractivity contribution in [1.82, 2.24) is 4.98 Å². The van der Waals surface area contributed by atoms with E-state index in [0.717, 1.165) is 27.3 Å². The maximum atomic E-state index is 12.1. The number of nitrogens with one attached hydrogen (secondary N) is 1. The number of rotatable bonds is 6. The number of nitrogens with zero attached hydrogens (tertiary/aromatic N) is 1. The van der Waals surface area contributed by atoms with E-state index in [1.54, 1.807) is 18.9 Å². The van der Waals surface area contributed by atoms with Gasteiger partial charge in [0, 0.05) is 5.75 Å². The summed E-state index contributed by atoms with van der Waals surface area (Å²) in [6, 6.07) is 14.0. The van der Waals surface area contributed by atoms with Crippen molar-refractivity contribution in [3.05, 3.63) is 53.6 Å². The number of carbonyl (C=O) groups is 1. The topological polar surface area (TPSA) is 51.2 Å². The molecule has 4 nitrogen and oxygen atoms in total. The molecular weight excluding hydrogens is 340 g/mol. The van der Waals surface area contributed by atoms with Crippen LogP contribution >= 0.6 is 23.1 Å². The molecule has 6 heteroatoms. The second-order valence-electron chi connectivity index (χ2n) is 5.31. The summed E-state index contributed by atoms with van der Waals surface area (Å²) >= 11 is 3.07. The molecule has 0 radical (unpaired) electrons. The molecule has 2 aromatic carbocycles. The van der Waals surface area contributed by atoms with Crippen molar-refractivity contribution in [2.75, 3.05) is 18.2 Å². The van der Waals surface area contributed by atoms with E-state index >= 15 is 0 Å². The van der Waals surface area contributed by atoms with Crippen LogP contribution in [0.15, 0.2) is 42.5 Å². The zero-order valence-electron chi connectivity index (χ0n) is 13.5. The fourth-order valence-corrected chi connectivity index (χ4v) is 4.07. The van der Waals surface area contributed by atoms with E-state index in [4.69, 9.17) is 4.74 Å². The number of amides is 1. The van der Waals surface area contributed by atoms with Gasteiger partial charge in [0.2, 0.25) is 5.91 Å². The van der Waals surface area contributed by atoms with Gasteiger partial charge in [-0.15, -0.1) is 11.8 Å². The summed E-state index contributed by atoms with van der Waals surface area (Å²) in [6.45, 7) is 2.03. The number of aromatic nitrogens is 1. The Morgan fingerprint density at radius 2 is 2.04 bits per heavy atom. The zero-order chi connectivity index (χ0) is 16.9. The Balaban J connectivity index is 1.62. The molecule has 0 atom stereocenters. The Morgan fingerprint density at radius 3 is 2.79 bits per heavy atom. The second-order valence-corrected chi connectivity index (χ2v) is 7.29. The molecule has 3 aromatic rings. The molecule has 1 N–H and O–H groups in total. The van der Waals surface area contributed by atoms with Crippen LogP contribution in [0, 0.1) is 6.92 Å². The minimum absolute atomic E-state index is 0.0355. The smallest absolute Gasteiger partial charge is 0.236 e. The Hall–Kier alpha value is -2.05. The number of carbonyl (C=O) groups excluding carboxylic acids is 1. The number of hydrogen-bond donors (Lipinski definition) is 1. The van der Waals surface area contributed by atoms with E-state index in [2.05, 4.69) is 22.4 Å². The number of benzene rings is 2. The fourth-order valence-electron chi connectivity index (χ4n) is 2.32. The van der Waals surface area contributed by atoms with Gasteiger partial charge < -0.3 is 10.1 Å². The van der Waals surface area contributed by atoms with Crippen molar-refractivity contribution < 1.29 is 9.53 Å². The Bertz CT molecular complexity index is 847. The van der Waals surface area contributed by atoms with Gasteiger partial charge in [0.25, 0.3) is 0 Å². The number of aryl methyl sites for hydroxylation is 1. The molecule has 0 bridgehead atoms. The first-order valence-electron chi connectivity index (χ1n) is 7.53. The van der Waals surface area contributed by atoms with Gasteiger partial charge in [-0.3, -0.25) is 4.79 Å². The van der Waals surface area contributed by atoms with Crippen LogP contribution in [0.4, 0.5) is 5.13 Å². The van der Waals surface area contributed by atoms with Crippen LogP contribution in [0.2, 0.25) is 0 Å². The molecule has 24 heavy (non-hydrogen) atoms. The maximum Gasteiger partial charge on any atom is 0.236 e. The molecule has 0 saturated heterocycles. The first-order chi connectivity index (χ1) is 11.7. The van der Waals surface area contributed by atoms with Crippen LogP contribution < -0.4 is 10.1 Å². The number of hydrogen-bond acceptors (Lipinski definition) is 5. The summed E-state index contributed by atoms with van der Waals surface area (Å²) in [5.41, 5.74) is 3.15. The van der Waals surface area contributed by atoms with Gasteiger partial charge in [0.05, 0.1) is 17.6 Å². The number of thiazole rings is 1. The van der Waals surface area contributed by atoms with Gasteiger partial charge in [-0.05, 0) is 24.1 Å². The normalized spacial score (nSPS) is 10.8. The maximum absolute atomic E-state index is 12.1. The van der Waals surface area contributed by atoms with Crippen LogP contribution in [0.3, 0.4) is 0 Å². The lowest BCUT2D eigenvalue weighted by atomic mass is 10.2. The number of anilines is 1. The average molecular weight is 358 g/mol. The molecule has 0 aliphatic heterocycles. The lowest BCUT2D eigenvalue weighted by Crippen LogP contribution is -2.13. The molecule has 124 valence electrons. The van der Waals surface area contributed by atoms with Crippen molar-refractivity contribution in [3.63, 3.8) is 0 Å². The van der Waals surface area contributed by atoms with Gasteiger partial charge in [-0.1, -0.05) is 47.7 Å². The molecule has 1 aromatic heterocycles. The minimum atomic E-state index is -0.0355. The quantitative estimate of drug-likeness (QED) is 0.705. The predicted molar refractivity (Wildman–Crippen MR) is 102 cm³/mol. The Kier molecular flexibility index (Phi) is 5.37. The molecule has 3 rings (SSSR count). The SMILES string of the molecule is COc1ccc(C)c2sc(NC(=O)CSCc3ccccc3)nc12. The van der Waals surface area contributed by atoms with Crippen LogP contribution in [-0.2, 0) is 10.5 Å². The van der Waals surface area contributed by atoms with Crippen molar-refractivity contribution in [3.8, 4) is 5.75 Å². The highest BCUT2D eigenvalue weighted by atomic mass is 32.2. The third-order valence-electron chi connectivity index (χ3n) is 3.51. The highest BCUT2D eigenvalue weighted by molar-refractivity contribution is 7.99. The molecule has 0 spiro atoms. The van der Waals surface area contributed by atoms with Gasteiger partial charge in [-0.2, -0.15) is 0 Å². The molecule has 0 fully saturated rings. The highest BCUT2D eigenvalue weighted by Gasteiger charge is 2.13. The second kappa shape index (κ2) is 7.68. The summed E-state index contributed by atoms with van der Waals surface area (Å²) in [4.78, 5) is 16.6. The third-order valence-corrected chi connectivity index (χ3v) is 5.62. The number of ether oxygens (including phenoxy) is 1. The van der Waals surface area contributed by atoms with E-state index in [9.17, 15) is 4.79 Å². The largest absolute Gasteiger partial charge is 0.494 e. The van der Waals surface area contributed by atoms with Gasteiger partial charge in [0.1, 0.15) is 11.3 Å². The lowest BCUT2D eigenvalue weighted by Gasteiger charge is -2.02. The van der Waals surface area contributed by atoms with Crippen molar-refractivity contribution in [1.29, 1.82) is 0 Å². The molecule has 0 aliphatic carbocycles. The molecular formula is C18H18N2O2S2. The first-order valence-corrected chi connectivity index (χ1v) is 9.50. The monoisotopic (exact) mass is 358 g/mol. The van der Waals surface area contributed by atoms with E-state index in [1.165, 1.54) is 16.9 Å². The summed E-state index contributed by atoms with van der Waals surface area (Å²) < 4.78 is 6.39. The Morgan fingerprint density at radius 1 is 1.25 bits per heavy atom. The van der Waals surface area contributed by atoms with Crippen LogP contribution in [0.25, 0.3) is 10.2 Å². The zero-order valence-corrected chi connectivity index (χ0v) is 15.2. The van der Waals surface area contributed by atoms with E-state index in [-0.39, 0.29) is 5.91 Å². The highest BCUT2D eigenvalue weighted by Crippen LogP contribution is 2.34. The van der Waals surface area contributed by atoms with Gasteiger partial charge in [-0.25, -0.2) is 4.98 Å². The summed E-state index contributed by atoms with van der Waals surface area (Å²) in [6.07, 6.45) is 0. The predicted octanol–water partition coefficient (Wildman–Crippen LogP) is 4.49. The molecule has 1 heterocycles. The molecule has 0 unspecified atom stereocenters. The van der Waals surface area contributed by atoms with Crippen LogP contribution in [0.1, 0.15) is 11.1 Å². The molecule has 0 aliphatic rings. The van der Waals surface area contributed by atoms with Gasteiger partial charge in [0.15, 0.2) is 5.13 Å². The van der Waals surface area contributed by atoms with Crippen LogP contribution in [-0.4, -0.2) is 23.8 Å². The number of thioether (sulfide) groups is 1. The standard InChI is InChI=1S/C18H18N2O2S2/c1-12-8-9-14(22-2)16-17(12)24-18(20-16)19-15(21)11-23-10-13-6-4-3-5-7-13/h3-9H,10-11H2,1-2H3,(H,19,20,21). The van der Waals surface area contributed by atoms with E-state index < -0.39 is 0 Å². The van der Waals surface area contributed by atoms with E-state index in [0.29, 0.717) is 10.9 Å². The lowest BCUT2D eigenvalue weighted by molar-refractivity contribution is -0.113. The average Bonchev–Trinajstić information content (AvgIpc) is 3.01. The number of methoxy groups -OCH3 is 1. The molecule has 0 saturated carbocycles. The minimum Gasteiger partial charge on any atom is -0.494 e. The summed E-state index contributed by atoms with van der Waals surface area (Å²) in [7, 11) is 1.63.